The molecule has 2 fully saturated rings. The van der Waals surface area contributed by atoms with E-state index in [1.807, 2.05) is 21.7 Å². The fourth-order valence-corrected chi connectivity index (χ4v) is 5.19. The van der Waals surface area contributed by atoms with Crippen LogP contribution in [0.15, 0.2) is 30.5 Å². The first-order chi connectivity index (χ1) is 15.9. The third kappa shape index (κ3) is 4.13. The van der Waals surface area contributed by atoms with E-state index in [9.17, 15) is 4.79 Å². The molecule has 2 aromatic heterocycles. The Labute approximate surface area is 198 Å². The monoisotopic (exact) mass is 468 g/mol. The Morgan fingerprint density at radius 1 is 1.21 bits per heavy atom. The first-order valence-corrected chi connectivity index (χ1v) is 11.8. The molecule has 0 bridgehead atoms. The van der Waals surface area contributed by atoms with Crippen molar-refractivity contribution in [2.24, 2.45) is 5.73 Å². The number of likely N-dealkylation sites (tertiary alicyclic amines) is 1. The molecule has 3 aromatic rings. The molecule has 2 saturated heterocycles. The van der Waals surface area contributed by atoms with Gasteiger partial charge in [0.05, 0.1) is 23.9 Å². The minimum absolute atomic E-state index is 0.0443. The van der Waals surface area contributed by atoms with Crippen molar-refractivity contribution in [3.8, 4) is 5.75 Å². The molecule has 8 nitrogen and oxygen atoms in total. The van der Waals surface area contributed by atoms with E-state index < -0.39 is 0 Å². The van der Waals surface area contributed by atoms with Gasteiger partial charge in [0.1, 0.15) is 11.6 Å². The van der Waals surface area contributed by atoms with Crippen LogP contribution in [0.3, 0.4) is 0 Å². The predicted octanol–water partition coefficient (Wildman–Crippen LogP) is 3.60. The Hall–Kier alpha value is -2.84. The number of carbonyl (C=O) groups is 1. The van der Waals surface area contributed by atoms with Gasteiger partial charge in [0.2, 0.25) is 0 Å². The molecule has 5 rings (SSSR count). The molecule has 1 amide bonds. The number of aryl methyl sites for hydroxylation is 1. The summed E-state index contributed by atoms with van der Waals surface area (Å²) in [6, 6.07) is 7.28. The molecule has 174 valence electrons. The zero-order valence-electron chi connectivity index (χ0n) is 19.0. The molecule has 2 aliphatic heterocycles. The second-order valence-corrected chi connectivity index (χ2v) is 9.38. The van der Waals surface area contributed by atoms with Crippen LogP contribution in [0, 0.1) is 6.92 Å². The standard InChI is InChI=1S/C24H29ClN6O2/c1-15-13-31-22(27-23(15)29-10-8-17(26)14-29)12-19(28-31)20-5-3-4-9-30(20)24(32)16-6-7-21(33-2)18(25)11-16/h6-7,11-13,17,20H,3-5,8-10,14,26H2,1-2H3. The second-order valence-electron chi connectivity index (χ2n) is 8.97. The number of nitrogens with zero attached hydrogens (tertiary/aromatic N) is 5. The lowest BCUT2D eigenvalue weighted by molar-refractivity contribution is 0.0605. The van der Waals surface area contributed by atoms with Crippen LogP contribution in [0.5, 0.6) is 5.75 Å². The molecule has 0 radical (unpaired) electrons. The van der Waals surface area contributed by atoms with Gasteiger partial charge in [-0.05, 0) is 50.8 Å². The minimum atomic E-state index is -0.0993. The van der Waals surface area contributed by atoms with Crippen LogP contribution in [0.1, 0.15) is 53.3 Å². The van der Waals surface area contributed by atoms with Crippen molar-refractivity contribution in [1.29, 1.82) is 0 Å². The highest BCUT2D eigenvalue weighted by atomic mass is 35.5. The third-order valence-electron chi connectivity index (χ3n) is 6.65. The van der Waals surface area contributed by atoms with E-state index in [1.165, 1.54) is 0 Å². The fourth-order valence-electron chi connectivity index (χ4n) is 4.93. The van der Waals surface area contributed by atoms with Gasteiger partial charge >= 0.3 is 0 Å². The summed E-state index contributed by atoms with van der Waals surface area (Å²) in [6.07, 6.45) is 5.88. The molecule has 2 atom stereocenters. The van der Waals surface area contributed by atoms with Crippen molar-refractivity contribution in [2.45, 2.75) is 44.7 Å². The van der Waals surface area contributed by atoms with Crippen LogP contribution >= 0.6 is 11.6 Å². The largest absolute Gasteiger partial charge is 0.495 e. The molecule has 33 heavy (non-hydrogen) atoms. The van der Waals surface area contributed by atoms with Crippen molar-refractivity contribution in [1.82, 2.24) is 19.5 Å². The maximum Gasteiger partial charge on any atom is 0.254 e. The molecule has 2 aliphatic rings. The van der Waals surface area contributed by atoms with Gasteiger partial charge < -0.3 is 20.3 Å². The Bertz CT molecular complexity index is 1200. The average Bonchev–Trinajstić information content (AvgIpc) is 3.43. The van der Waals surface area contributed by atoms with E-state index in [0.717, 1.165) is 61.5 Å². The number of aromatic nitrogens is 3. The fraction of sp³-hybridized carbons (Fsp3) is 0.458. The topological polar surface area (TPSA) is 89.0 Å². The lowest BCUT2D eigenvalue weighted by atomic mass is 9.98. The van der Waals surface area contributed by atoms with E-state index >= 15 is 0 Å². The summed E-state index contributed by atoms with van der Waals surface area (Å²) < 4.78 is 7.05. The molecule has 4 heterocycles. The molecule has 0 aliphatic carbocycles. The Morgan fingerprint density at radius 2 is 2.06 bits per heavy atom. The quantitative estimate of drug-likeness (QED) is 0.629. The van der Waals surface area contributed by atoms with E-state index in [0.29, 0.717) is 22.9 Å². The van der Waals surface area contributed by atoms with Gasteiger partial charge in [-0.3, -0.25) is 4.79 Å². The number of benzene rings is 1. The van der Waals surface area contributed by atoms with Crippen LogP contribution in [-0.2, 0) is 0 Å². The maximum atomic E-state index is 13.4. The van der Waals surface area contributed by atoms with E-state index in [4.69, 9.17) is 32.2 Å². The van der Waals surface area contributed by atoms with Crippen LogP contribution in [0.25, 0.3) is 5.65 Å². The van der Waals surface area contributed by atoms with Crippen molar-refractivity contribution in [3.63, 3.8) is 0 Å². The van der Waals surface area contributed by atoms with Crippen molar-refractivity contribution >= 4 is 29.0 Å². The highest BCUT2D eigenvalue weighted by molar-refractivity contribution is 6.32. The summed E-state index contributed by atoms with van der Waals surface area (Å²) in [5.74, 6) is 1.48. The summed E-state index contributed by atoms with van der Waals surface area (Å²) >= 11 is 6.28. The van der Waals surface area contributed by atoms with Gasteiger partial charge in [-0.1, -0.05) is 11.6 Å². The third-order valence-corrected chi connectivity index (χ3v) is 6.95. The molecular formula is C24H29ClN6O2. The number of fused-ring (bicyclic) bond motifs is 1. The predicted molar refractivity (Wildman–Crippen MR) is 128 cm³/mol. The zero-order chi connectivity index (χ0) is 23.1. The number of piperidine rings is 1. The summed E-state index contributed by atoms with van der Waals surface area (Å²) in [6.45, 7) is 4.48. The van der Waals surface area contributed by atoms with Gasteiger partial charge in [0, 0.05) is 49.1 Å². The highest BCUT2D eigenvalue weighted by Gasteiger charge is 2.31. The zero-order valence-corrected chi connectivity index (χ0v) is 19.8. The first kappa shape index (κ1) is 22.0. The number of halogens is 1. The number of rotatable bonds is 4. The summed E-state index contributed by atoms with van der Waals surface area (Å²) in [4.78, 5) is 22.5. The van der Waals surface area contributed by atoms with Gasteiger partial charge in [0.15, 0.2) is 5.65 Å². The molecule has 1 aromatic carbocycles. The summed E-state index contributed by atoms with van der Waals surface area (Å²) in [5, 5.41) is 5.25. The number of anilines is 1. The van der Waals surface area contributed by atoms with Crippen molar-refractivity contribution in [3.05, 3.63) is 52.3 Å². The van der Waals surface area contributed by atoms with E-state index in [1.54, 1.807) is 25.3 Å². The first-order valence-electron chi connectivity index (χ1n) is 11.5. The molecule has 9 heteroatoms. The number of nitrogens with two attached hydrogens (primary N) is 1. The van der Waals surface area contributed by atoms with Crippen molar-refractivity contribution < 1.29 is 9.53 Å². The molecule has 0 spiro atoms. The van der Waals surface area contributed by atoms with Gasteiger partial charge in [-0.25, -0.2) is 9.50 Å². The number of methoxy groups -OCH3 is 1. The Balaban J connectivity index is 1.45. The van der Waals surface area contributed by atoms with Crippen LogP contribution in [0.2, 0.25) is 5.02 Å². The van der Waals surface area contributed by atoms with Crippen molar-refractivity contribution in [2.75, 3.05) is 31.6 Å². The van der Waals surface area contributed by atoms with Gasteiger partial charge in [-0.15, -0.1) is 0 Å². The number of amides is 1. The van der Waals surface area contributed by atoms with E-state index in [2.05, 4.69) is 11.8 Å². The number of hydrogen-bond donors (Lipinski definition) is 1. The maximum absolute atomic E-state index is 13.4. The van der Waals surface area contributed by atoms with Gasteiger partial charge in [-0.2, -0.15) is 5.10 Å². The molecular weight excluding hydrogens is 440 g/mol. The summed E-state index contributed by atoms with van der Waals surface area (Å²) in [5.41, 5.74) is 9.38. The SMILES string of the molecule is COc1ccc(C(=O)N2CCCCC2c2cc3nc(N4CCC(N)C4)c(C)cn3n2)cc1Cl. The lowest BCUT2D eigenvalue weighted by Crippen LogP contribution is -2.38. The van der Waals surface area contributed by atoms with Gasteiger partial charge in [0.25, 0.3) is 5.91 Å². The lowest BCUT2D eigenvalue weighted by Gasteiger charge is -2.34. The minimum Gasteiger partial charge on any atom is -0.495 e. The van der Waals surface area contributed by atoms with Crippen LogP contribution in [0.4, 0.5) is 5.82 Å². The molecule has 2 N–H and O–H groups in total. The Morgan fingerprint density at radius 3 is 2.79 bits per heavy atom. The Kier molecular flexibility index (Phi) is 5.88. The molecule has 0 saturated carbocycles. The second kappa shape index (κ2) is 8.83. The van der Waals surface area contributed by atoms with E-state index in [-0.39, 0.29) is 18.0 Å². The smallest absolute Gasteiger partial charge is 0.254 e. The van der Waals surface area contributed by atoms with Crippen LogP contribution in [-0.4, -0.2) is 58.2 Å². The normalized spacial score (nSPS) is 21.1. The number of ether oxygens (including phenoxy) is 1. The summed E-state index contributed by atoms with van der Waals surface area (Å²) in [7, 11) is 1.56. The van der Waals surface area contributed by atoms with Crippen LogP contribution < -0.4 is 15.4 Å². The number of hydrogen-bond acceptors (Lipinski definition) is 6. The highest BCUT2D eigenvalue weighted by Crippen LogP contribution is 2.34. The molecule has 2 unspecified atom stereocenters. The number of carbonyl (C=O) groups excluding carboxylic acids is 1. The average molecular weight is 469 g/mol.